The van der Waals surface area contributed by atoms with Gasteiger partial charge >= 0.3 is 5.97 Å². The van der Waals surface area contributed by atoms with Gasteiger partial charge in [-0.3, -0.25) is 9.59 Å². The Hall–Kier alpha value is -2.38. The van der Waals surface area contributed by atoms with Crippen LogP contribution in [0.25, 0.3) is 0 Å². The van der Waals surface area contributed by atoms with Crippen LogP contribution in [-0.2, 0) is 14.3 Å². The first-order valence-electron chi connectivity index (χ1n) is 6.95. The summed E-state index contributed by atoms with van der Waals surface area (Å²) in [5, 5.41) is 6.39. The number of benzene rings is 1. The lowest BCUT2D eigenvalue weighted by atomic mass is 10.3. The molecule has 1 N–H and O–H groups in total. The summed E-state index contributed by atoms with van der Waals surface area (Å²) < 4.78 is 4.91. The number of esters is 1. The molecule has 2 rings (SSSR count). The molecule has 0 unspecified atom stereocenters. The molecule has 2 amide bonds. The Bertz CT molecular complexity index is 733. The van der Waals surface area contributed by atoms with E-state index < -0.39 is 24.4 Å². The summed E-state index contributed by atoms with van der Waals surface area (Å²) in [5.74, 6) is -1.45. The van der Waals surface area contributed by atoms with Gasteiger partial charge in [-0.2, -0.15) is 11.3 Å². The Morgan fingerprint density at radius 1 is 1.25 bits per heavy atom. The van der Waals surface area contributed by atoms with E-state index >= 15 is 0 Å². The van der Waals surface area contributed by atoms with Crippen molar-refractivity contribution in [3.63, 3.8) is 0 Å². The number of anilines is 1. The van der Waals surface area contributed by atoms with Gasteiger partial charge in [-0.05, 0) is 23.6 Å². The lowest BCUT2D eigenvalue weighted by Gasteiger charge is -2.17. The quantitative estimate of drug-likeness (QED) is 0.797. The fourth-order valence-electron chi connectivity index (χ4n) is 1.76. The van der Waals surface area contributed by atoms with E-state index in [0.29, 0.717) is 16.3 Å². The van der Waals surface area contributed by atoms with Gasteiger partial charge in [0.25, 0.3) is 5.91 Å². The van der Waals surface area contributed by atoms with Crippen LogP contribution in [0.3, 0.4) is 0 Å². The summed E-state index contributed by atoms with van der Waals surface area (Å²) in [4.78, 5) is 36.7. The van der Waals surface area contributed by atoms with Crippen LogP contribution in [0, 0.1) is 0 Å². The summed E-state index contributed by atoms with van der Waals surface area (Å²) in [6, 6.07) is 8.40. The van der Waals surface area contributed by atoms with Crippen molar-refractivity contribution in [1.82, 2.24) is 4.90 Å². The maximum absolute atomic E-state index is 11.9. The average Bonchev–Trinajstić information content (AvgIpc) is 3.09. The molecule has 0 aliphatic heterocycles. The number of nitrogens with one attached hydrogen (secondary N) is 1. The standard InChI is InChI=1S/C16H15ClN2O4S/c1-19(8-14(20)18-13-5-3-2-4-12(13)17)15(21)9-23-16(22)11-6-7-24-10-11/h2-7,10H,8-9H2,1H3,(H,18,20). The number of amides is 2. The minimum atomic E-state index is -0.571. The van der Waals surface area contributed by atoms with Crippen molar-refractivity contribution in [2.45, 2.75) is 0 Å². The minimum Gasteiger partial charge on any atom is -0.452 e. The van der Waals surface area contributed by atoms with E-state index in [2.05, 4.69) is 5.32 Å². The molecule has 6 nitrogen and oxygen atoms in total. The zero-order chi connectivity index (χ0) is 17.5. The van der Waals surface area contributed by atoms with Crippen LogP contribution in [0.4, 0.5) is 5.69 Å². The largest absolute Gasteiger partial charge is 0.452 e. The normalized spacial score (nSPS) is 10.1. The molecule has 0 aliphatic carbocycles. The van der Waals surface area contributed by atoms with Crippen molar-refractivity contribution < 1.29 is 19.1 Å². The monoisotopic (exact) mass is 366 g/mol. The third kappa shape index (κ3) is 5.07. The van der Waals surface area contributed by atoms with E-state index in [9.17, 15) is 14.4 Å². The van der Waals surface area contributed by atoms with E-state index in [4.69, 9.17) is 16.3 Å². The Morgan fingerprint density at radius 2 is 2.00 bits per heavy atom. The number of likely N-dealkylation sites (N-methyl/N-ethyl adjacent to an activating group) is 1. The number of para-hydroxylation sites is 1. The van der Waals surface area contributed by atoms with Crippen LogP contribution in [0.2, 0.25) is 5.02 Å². The molecular weight excluding hydrogens is 352 g/mol. The number of carbonyl (C=O) groups excluding carboxylic acids is 3. The van der Waals surface area contributed by atoms with Crippen molar-refractivity contribution in [3.8, 4) is 0 Å². The molecule has 2 aromatic rings. The highest BCUT2D eigenvalue weighted by atomic mass is 35.5. The molecule has 0 fully saturated rings. The van der Waals surface area contributed by atoms with Crippen molar-refractivity contribution in [3.05, 3.63) is 51.7 Å². The molecule has 8 heteroatoms. The van der Waals surface area contributed by atoms with Crippen LogP contribution in [-0.4, -0.2) is 42.9 Å². The molecule has 0 spiro atoms. The number of hydrogen-bond acceptors (Lipinski definition) is 5. The van der Waals surface area contributed by atoms with Crippen molar-refractivity contribution in [2.75, 3.05) is 25.5 Å². The van der Waals surface area contributed by atoms with Crippen LogP contribution >= 0.6 is 22.9 Å². The van der Waals surface area contributed by atoms with Crippen LogP contribution < -0.4 is 5.32 Å². The van der Waals surface area contributed by atoms with Gasteiger partial charge in [0, 0.05) is 12.4 Å². The number of rotatable bonds is 6. The van der Waals surface area contributed by atoms with Gasteiger partial charge in [-0.1, -0.05) is 23.7 Å². The molecule has 1 aromatic carbocycles. The first-order valence-corrected chi connectivity index (χ1v) is 8.27. The van der Waals surface area contributed by atoms with Gasteiger partial charge in [0.15, 0.2) is 6.61 Å². The SMILES string of the molecule is CN(CC(=O)Nc1ccccc1Cl)C(=O)COC(=O)c1ccsc1. The van der Waals surface area contributed by atoms with Crippen molar-refractivity contribution in [2.24, 2.45) is 0 Å². The van der Waals surface area contributed by atoms with E-state index in [1.54, 1.807) is 41.1 Å². The maximum atomic E-state index is 11.9. The molecule has 0 saturated carbocycles. The molecular formula is C16H15ClN2O4S. The Morgan fingerprint density at radius 3 is 2.67 bits per heavy atom. The second kappa shape index (κ2) is 8.47. The molecule has 126 valence electrons. The van der Waals surface area contributed by atoms with Crippen LogP contribution in [0.1, 0.15) is 10.4 Å². The number of halogens is 1. The van der Waals surface area contributed by atoms with Gasteiger partial charge in [0.1, 0.15) is 0 Å². The average molecular weight is 367 g/mol. The molecule has 1 aromatic heterocycles. The van der Waals surface area contributed by atoms with Crippen LogP contribution in [0.5, 0.6) is 0 Å². The summed E-state index contributed by atoms with van der Waals surface area (Å²) in [7, 11) is 1.45. The third-order valence-electron chi connectivity index (χ3n) is 3.04. The number of nitrogens with zero attached hydrogens (tertiary/aromatic N) is 1. The summed E-state index contributed by atoms with van der Waals surface area (Å²) in [5.41, 5.74) is 0.862. The molecule has 0 aliphatic rings. The fraction of sp³-hybridized carbons (Fsp3) is 0.188. The topological polar surface area (TPSA) is 75.7 Å². The molecule has 24 heavy (non-hydrogen) atoms. The highest BCUT2D eigenvalue weighted by molar-refractivity contribution is 7.08. The summed E-state index contributed by atoms with van der Waals surface area (Å²) >= 11 is 7.31. The molecule has 0 atom stereocenters. The van der Waals surface area contributed by atoms with Gasteiger partial charge in [0.05, 0.1) is 22.8 Å². The Balaban J connectivity index is 1.79. The van der Waals surface area contributed by atoms with E-state index in [1.807, 2.05) is 0 Å². The van der Waals surface area contributed by atoms with E-state index in [-0.39, 0.29) is 6.54 Å². The predicted octanol–water partition coefficient (Wildman–Crippen LogP) is 2.66. The summed E-state index contributed by atoms with van der Waals surface area (Å²) in [6.07, 6.45) is 0. The van der Waals surface area contributed by atoms with Gasteiger partial charge in [0.2, 0.25) is 5.91 Å². The minimum absolute atomic E-state index is 0.180. The Kier molecular flexibility index (Phi) is 6.34. The predicted molar refractivity (Wildman–Crippen MR) is 92.3 cm³/mol. The number of hydrogen-bond donors (Lipinski definition) is 1. The summed E-state index contributed by atoms with van der Waals surface area (Å²) in [6.45, 7) is -0.607. The highest BCUT2D eigenvalue weighted by Gasteiger charge is 2.16. The fourth-order valence-corrected chi connectivity index (χ4v) is 2.57. The Labute approximate surface area is 148 Å². The van der Waals surface area contributed by atoms with Gasteiger partial charge in [-0.25, -0.2) is 4.79 Å². The highest BCUT2D eigenvalue weighted by Crippen LogP contribution is 2.20. The number of ether oxygens (including phenoxy) is 1. The third-order valence-corrected chi connectivity index (χ3v) is 4.05. The molecule has 1 heterocycles. The van der Waals surface area contributed by atoms with Gasteiger partial charge in [-0.15, -0.1) is 0 Å². The van der Waals surface area contributed by atoms with Crippen molar-refractivity contribution >= 4 is 46.4 Å². The first kappa shape index (κ1) is 18.0. The molecule has 0 radical (unpaired) electrons. The lowest BCUT2D eigenvalue weighted by Crippen LogP contribution is -2.37. The maximum Gasteiger partial charge on any atom is 0.339 e. The first-order chi connectivity index (χ1) is 11.5. The van der Waals surface area contributed by atoms with Crippen molar-refractivity contribution in [1.29, 1.82) is 0 Å². The lowest BCUT2D eigenvalue weighted by molar-refractivity contribution is -0.136. The number of thiophene rings is 1. The smallest absolute Gasteiger partial charge is 0.339 e. The van der Waals surface area contributed by atoms with E-state index in [0.717, 1.165) is 0 Å². The zero-order valence-electron chi connectivity index (χ0n) is 12.8. The molecule has 0 saturated heterocycles. The van der Waals surface area contributed by atoms with Gasteiger partial charge < -0.3 is 15.0 Å². The molecule has 0 bridgehead atoms. The zero-order valence-corrected chi connectivity index (χ0v) is 14.4. The second-order valence-electron chi connectivity index (χ2n) is 4.87. The van der Waals surface area contributed by atoms with E-state index in [1.165, 1.54) is 23.3 Å². The van der Waals surface area contributed by atoms with Crippen LogP contribution in [0.15, 0.2) is 41.1 Å². The second-order valence-corrected chi connectivity index (χ2v) is 6.05. The number of carbonyl (C=O) groups is 3.